The van der Waals surface area contributed by atoms with Crippen molar-refractivity contribution in [1.29, 1.82) is 0 Å². The van der Waals surface area contributed by atoms with Crippen LogP contribution < -0.4 is 9.47 Å². The first-order valence-electron chi connectivity index (χ1n) is 9.44. The van der Waals surface area contributed by atoms with Crippen LogP contribution in [-0.2, 0) is 11.3 Å². The van der Waals surface area contributed by atoms with E-state index in [0.717, 1.165) is 29.9 Å². The highest BCUT2D eigenvalue weighted by Gasteiger charge is 2.41. The molecule has 0 spiro atoms. The maximum Gasteiger partial charge on any atom is 0.124 e. The molecular formula is C21H36ClNO4. The van der Waals surface area contributed by atoms with Gasteiger partial charge in [-0.1, -0.05) is 0 Å². The predicted octanol–water partition coefficient (Wildman–Crippen LogP) is 4.05. The minimum Gasteiger partial charge on any atom is -0.497 e. The Morgan fingerprint density at radius 3 is 2.26 bits per heavy atom. The van der Waals surface area contributed by atoms with Gasteiger partial charge in [-0.3, -0.25) is 4.90 Å². The molecule has 0 amide bonds. The highest BCUT2D eigenvalue weighted by molar-refractivity contribution is 5.85. The highest BCUT2D eigenvalue weighted by Crippen LogP contribution is 2.38. The number of methoxy groups -OCH3 is 2. The van der Waals surface area contributed by atoms with E-state index in [2.05, 4.69) is 32.6 Å². The van der Waals surface area contributed by atoms with E-state index in [0.29, 0.717) is 19.8 Å². The molecule has 0 saturated carbocycles. The molecular weight excluding hydrogens is 366 g/mol. The van der Waals surface area contributed by atoms with Crippen molar-refractivity contribution in [3.63, 3.8) is 0 Å². The lowest BCUT2D eigenvalue weighted by Crippen LogP contribution is -2.60. The second kappa shape index (κ2) is 9.97. The van der Waals surface area contributed by atoms with E-state index in [9.17, 15) is 5.11 Å². The Balaban J connectivity index is 0.00000364. The van der Waals surface area contributed by atoms with Gasteiger partial charge in [0.2, 0.25) is 0 Å². The first-order valence-corrected chi connectivity index (χ1v) is 9.44. The van der Waals surface area contributed by atoms with Gasteiger partial charge >= 0.3 is 0 Å². The average molecular weight is 402 g/mol. The fourth-order valence-electron chi connectivity index (χ4n) is 4.10. The number of rotatable bonds is 8. The topological polar surface area (TPSA) is 51.2 Å². The Morgan fingerprint density at radius 1 is 1.07 bits per heavy atom. The lowest BCUT2D eigenvalue weighted by atomic mass is 9.79. The number of ether oxygens (including phenoxy) is 3. The first-order chi connectivity index (χ1) is 12.2. The SMILES string of the molecule is COc1ccc(OC)c(COCC(O)CN2C(C)(C)CCCC2(C)C)c1.Cl. The van der Waals surface area contributed by atoms with E-state index in [4.69, 9.17) is 14.2 Å². The summed E-state index contributed by atoms with van der Waals surface area (Å²) in [5.41, 5.74) is 1.11. The summed E-state index contributed by atoms with van der Waals surface area (Å²) in [6.45, 7) is 10.4. The Kier molecular flexibility index (Phi) is 8.87. The van der Waals surface area contributed by atoms with Gasteiger partial charge < -0.3 is 19.3 Å². The standard InChI is InChI=1S/C21H35NO4.ClH/c1-20(2)10-7-11-21(3,4)22(20)13-17(23)15-26-14-16-12-18(24-5)8-9-19(16)25-6;/h8-9,12,17,23H,7,10-11,13-15H2,1-6H3;1H. The third kappa shape index (κ3) is 6.24. The number of hydrogen-bond donors (Lipinski definition) is 1. The number of piperidine rings is 1. The minimum absolute atomic E-state index is 0. The van der Waals surface area contributed by atoms with E-state index in [1.807, 2.05) is 18.2 Å². The molecule has 0 aliphatic carbocycles. The molecule has 27 heavy (non-hydrogen) atoms. The van der Waals surface area contributed by atoms with Crippen molar-refractivity contribution in [3.05, 3.63) is 23.8 Å². The maximum absolute atomic E-state index is 10.5. The molecule has 0 bridgehead atoms. The molecule has 2 rings (SSSR count). The normalized spacial score (nSPS) is 19.8. The van der Waals surface area contributed by atoms with Crippen LogP contribution in [-0.4, -0.2) is 54.6 Å². The van der Waals surface area contributed by atoms with Crippen molar-refractivity contribution < 1.29 is 19.3 Å². The number of aliphatic hydroxyl groups is 1. The van der Waals surface area contributed by atoms with Crippen LogP contribution in [0.25, 0.3) is 0 Å². The van der Waals surface area contributed by atoms with Crippen LogP contribution in [0.5, 0.6) is 11.5 Å². The summed E-state index contributed by atoms with van der Waals surface area (Å²) in [5, 5.41) is 10.5. The van der Waals surface area contributed by atoms with Gasteiger partial charge in [-0.25, -0.2) is 0 Å². The molecule has 1 N–H and O–H groups in total. The van der Waals surface area contributed by atoms with E-state index in [1.165, 1.54) is 6.42 Å². The van der Waals surface area contributed by atoms with Crippen molar-refractivity contribution in [2.45, 2.75) is 70.7 Å². The molecule has 1 atom stereocenters. The molecule has 1 unspecified atom stereocenters. The second-order valence-electron chi connectivity index (χ2n) is 8.44. The van der Waals surface area contributed by atoms with Crippen molar-refractivity contribution in [1.82, 2.24) is 4.90 Å². The van der Waals surface area contributed by atoms with Crippen molar-refractivity contribution in [2.24, 2.45) is 0 Å². The number of aliphatic hydroxyl groups excluding tert-OH is 1. The molecule has 1 heterocycles. The van der Waals surface area contributed by atoms with E-state index in [1.54, 1.807) is 14.2 Å². The molecule has 156 valence electrons. The molecule has 1 aliphatic rings. The maximum atomic E-state index is 10.5. The number of hydrogen-bond acceptors (Lipinski definition) is 5. The lowest BCUT2D eigenvalue weighted by Gasteiger charge is -2.53. The largest absolute Gasteiger partial charge is 0.497 e. The molecule has 0 aromatic heterocycles. The second-order valence-corrected chi connectivity index (χ2v) is 8.44. The molecule has 1 fully saturated rings. The summed E-state index contributed by atoms with van der Waals surface area (Å²) in [6.07, 6.45) is 3.03. The van der Waals surface area contributed by atoms with Crippen LogP contribution in [0.15, 0.2) is 18.2 Å². The summed E-state index contributed by atoms with van der Waals surface area (Å²) >= 11 is 0. The van der Waals surface area contributed by atoms with Crippen LogP contribution in [0.1, 0.15) is 52.5 Å². The van der Waals surface area contributed by atoms with Gasteiger partial charge in [0.1, 0.15) is 11.5 Å². The quantitative estimate of drug-likeness (QED) is 0.712. The Bertz CT molecular complexity index is 576. The third-order valence-electron chi connectivity index (χ3n) is 5.49. The van der Waals surface area contributed by atoms with Crippen LogP contribution in [0.3, 0.4) is 0 Å². The van der Waals surface area contributed by atoms with Crippen LogP contribution in [0.4, 0.5) is 0 Å². The van der Waals surface area contributed by atoms with Crippen LogP contribution >= 0.6 is 12.4 Å². The van der Waals surface area contributed by atoms with Crippen molar-refractivity contribution in [3.8, 4) is 11.5 Å². The molecule has 1 aliphatic heterocycles. The Labute approximate surface area is 170 Å². The van der Waals surface area contributed by atoms with Gasteiger partial charge in [0.25, 0.3) is 0 Å². The smallest absolute Gasteiger partial charge is 0.124 e. The highest BCUT2D eigenvalue weighted by atomic mass is 35.5. The van der Waals surface area contributed by atoms with Crippen molar-refractivity contribution >= 4 is 12.4 Å². The van der Waals surface area contributed by atoms with Gasteiger partial charge in [0.05, 0.1) is 33.5 Å². The minimum atomic E-state index is -0.525. The lowest BCUT2D eigenvalue weighted by molar-refractivity contribution is -0.0715. The van der Waals surface area contributed by atoms with Gasteiger partial charge in [-0.15, -0.1) is 12.4 Å². The number of β-amino-alcohol motifs (C(OH)–C–C–N with tert-alkyl or cyclic N) is 1. The number of likely N-dealkylation sites (tertiary alicyclic amines) is 1. The summed E-state index contributed by atoms with van der Waals surface area (Å²) in [5.74, 6) is 1.53. The number of halogens is 1. The zero-order valence-electron chi connectivity index (χ0n) is 17.6. The number of benzene rings is 1. The van der Waals surface area contributed by atoms with Gasteiger partial charge in [0, 0.05) is 23.2 Å². The molecule has 1 aromatic rings. The first kappa shape index (κ1) is 24.0. The summed E-state index contributed by atoms with van der Waals surface area (Å²) in [4.78, 5) is 2.43. The van der Waals surface area contributed by atoms with Crippen LogP contribution in [0, 0.1) is 0 Å². The van der Waals surface area contributed by atoms with Gasteiger partial charge in [0.15, 0.2) is 0 Å². The van der Waals surface area contributed by atoms with E-state index >= 15 is 0 Å². The zero-order chi connectivity index (χ0) is 19.4. The van der Waals surface area contributed by atoms with E-state index in [-0.39, 0.29) is 23.5 Å². The fourth-order valence-corrected chi connectivity index (χ4v) is 4.10. The van der Waals surface area contributed by atoms with Gasteiger partial charge in [-0.05, 0) is 65.2 Å². The van der Waals surface area contributed by atoms with Gasteiger partial charge in [-0.2, -0.15) is 0 Å². The van der Waals surface area contributed by atoms with E-state index < -0.39 is 6.10 Å². The molecule has 0 radical (unpaired) electrons. The average Bonchev–Trinajstić information content (AvgIpc) is 2.57. The van der Waals surface area contributed by atoms with Crippen LogP contribution in [0.2, 0.25) is 0 Å². The summed E-state index contributed by atoms with van der Waals surface area (Å²) in [6, 6.07) is 5.63. The number of nitrogens with zero attached hydrogens (tertiary/aromatic N) is 1. The predicted molar refractivity (Wildman–Crippen MR) is 111 cm³/mol. The summed E-state index contributed by atoms with van der Waals surface area (Å²) in [7, 11) is 3.28. The Hall–Kier alpha value is -1.01. The zero-order valence-corrected chi connectivity index (χ0v) is 18.4. The molecule has 5 nitrogen and oxygen atoms in total. The summed E-state index contributed by atoms with van der Waals surface area (Å²) < 4.78 is 16.4. The Morgan fingerprint density at radius 2 is 1.70 bits per heavy atom. The molecule has 6 heteroatoms. The molecule has 1 aromatic carbocycles. The van der Waals surface area contributed by atoms with Crippen molar-refractivity contribution in [2.75, 3.05) is 27.4 Å². The third-order valence-corrected chi connectivity index (χ3v) is 5.49. The fraction of sp³-hybridized carbons (Fsp3) is 0.714. The monoisotopic (exact) mass is 401 g/mol. The molecule has 1 saturated heterocycles.